The molecule has 0 radical (unpaired) electrons. The maximum atomic E-state index is 16.4. The molecular weight excluding hydrogens is 1090 g/mol. The van der Waals surface area contributed by atoms with Crippen LogP contribution in [0.1, 0.15) is 130 Å². The highest BCUT2D eigenvalue weighted by molar-refractivity contribution is 7.88. The van der Waals surface area contributed by atoms with E-state index in [9.17, 15) is 37.2 Å². The van der Waals surface area contributed by atoms with Crippen LogP contribution >= 0.6 is 22.9 Å². The average molecular weight is 1150 g/mol. The van der Waals surface area contributed by atoms with E-state index in [2.05, 4.69) is 16.0 Å². The third-order valence-corrected chi connectivity index (χ3v) is 20.0. The van der Waals surface area contributed by atoms with E-state index in [-0.39, 0.29) is 88.0 Å². The van der Waals surface area contributed by atoms with E-state index in [1.807, 2.05) is 69.3 Å². The predicted molar refractivity (Wildman–Crippen MR) is 304 cm³/mol. The summed E-state index contributed by atoms with van der Waals surface area (Å²) in [6.07, 6.45) is 3.24. The normalized spacial score (nSPS) is 22.6. The lowest BCUT2D eigenvalue weighted by Crippen LogP contribution is -2.53. The number of piperidine rings is 3. The molecule has 1 saturated carbocycles. The van der Waals surface area contributed by atoms with E-state index < -0.39 is 69.3 Å². The molecule has 80 heavy (non-hydrogen) atoms. The number of carbonyl (C=O) groups is 6. The van der Waals surface area contributed by atoms with Crippen molar-refractivity contribution in [1.29, 1.82) is 0 Å². The first-order valence-corrected chi connectivity index (χ1v) is 30.1. The van der Waals surface area contributed by atoms with Crippen LogP contribution in [0.3, 0.4) is 0 Å². The first-order valence-electron chi connectivity index (χ1n) is 27.3. The van der Waals surface area contributed by atoms with Gasteiger partial charge in [0.25, 0.3) is 5.91 Å². The Balaban J connectivity index is 0.772. The van der Waals surface area contributed by atoms with Crippen LogP contribution in [0.15, 0.2) is 72.8 Å². The highest BCUT2D eigenvalue weighted by Crippen LogP contribution is 2.61. The molecule has 1 aliphatic carbocycles. The second kappa shape index (κ2) is 22.0. The summed E-state index contributed by atoms with van der Waals surface area (Å²) >= 11 is 8.06. The number of esters is 2. The molecule has 1 aromatic heterocycles. The Morgan fingerprint density at radius 2 is 1.71 bits per heavy atom. The van der Waals surface area contributed by atoms with Gasteiger partial charge in [-0.3, -0.25) is 24.6 Å². The van der Waals surface area contributed by atoms with Crippen LogP contribution in [0.25, 0.3) is 21.2 Å². The SMILES string of the molecule is CCCC(C)OC(=O)COc1c(C(=O)OC(C)(C)C)sc(-c2cccc(N[C@@H]3CCN(S(=O)(=O)Cc4cccc(NC(=O)N5CCC(c6ccc7c8c(cccc68)C(=O)N7C6CCC(=O)NC6=O)CC5)c4F)C4(C)C(C)C34)c2)c1Cl. The minimum absolute atomic E-state index is 0.0249. The summed E-state index contributed by atoms with van der Waals surface area (Å²) in [6, 6.07) is 19.8. The zero-order valence-corrected chi connectivity index (χ0v) is 48.2. The molecule has 5 aromatic rings. The lowest BCUT2D eigenvalue weighted by Gasteiger charge is -2.37. The van der Waals surface area contributed by atoms with Gasteiger partial charge in [0.1, 0.15) is 16.7 Å². The maximum absolute atomic E-state index is 16.4. The zero-order chi connectivity index (χ0) is 57.2. The standard InChI is InChI=1S/C59H66ClFN6O11S2/c1-8-12-32(2)77-46(69)30-76-51-49(60)52(79-53(51)56(72)78-58(4,5)6)35-13-9-15-37(29-35)62-41-25-28-66(59(7)33(3)48(41)59)80(74,75)31-36-14-10-18-42(50(36)61)63-57(73)65-26-23-34(24-27-65)38-19-20-43-47-39(38)16-11-17-40(47)55(71)67(43)44-21-22-45(68)64-54(44)70/h9-11,13-20,29,32-34,41,44,48,62H,8,12,21-28,30-31H2,1-7H3,(H,63,73)(H,64,68,70)/t32?,33?,41-,44?,48?,59?/m1/s1. The highest BCUT2D eigenvalue weighted by Gasteiger charge is 2.69. The van der Waals surface area contributed by atoms with Gasteiger partial charge in [0.05, 0.1) is 28.1 Å². The number of hydrogen-bond acceptors (Lipinski definition) is 13. The number of rotatable bonds is 16. The monoisotopic (exact) mass is 1150 g/mol. The lowest BCUT2D eigenvalue weighted by atomic mass is 9.85. The number of urea groups is 1. The highest BCUT2D eigenvalue weighted by atomic mass is 35.5. The summed E-state index contributed by atoms with van der Waals surface area (Å²) in [4.78, 5) is 82.1. The van der Waals surface area contributed by atoms with Crippen molar-refractivity contribution in [2.75, 3.05) is 41.8 Å². The Bertz CT molecular complexity index is 3450. The summed E-state index contributed by atoms with van der Waals surface area (Å²) in [5.41, 5.74) is 1.79. The number of ether oxygens (including phenoxy) is 3. The van der Waals surface area contributed by atoms with Crippen molar-refractivity contribution in [3.63, 3.8) is 0 Å². The number of anilines is 3. The first kappa shape index (κ1) is 56.7. The summed E-state index contributed by atoms with van der Waals surface area (Å²) in [5, 5.41) is 10.5. The van der Waals surface area contributed by atoms with Gasteiger partial charge in [0.2, 0.25) is 21.8 Å². The molecule has 5 aliphatic rings. The maximum Gasteiger partial charge on any atom is 0.352 e. The molecule has 5 amide bonds. The summed E-state index contributed by atoms with van der Waals surface area (Å²) in [5.74, 6) is -3.89. The molecule has 10 rings (SSSR count). The Morgan fingerprint density at radius 1 is 0.975 bits per heavy atom. The average Bonchev–Trinajstić information content (AvgIpc) is 2.76. The molecule has 4 aromatic carbocycles. The number of nitrogens with one attached hydrogen (secondary N) is 3. The molecule has 21 heteroatoms. The fourth-order valence-electron chi connectivity index (χ4n) is 12.4. The number of sulfonamides is 1. The molecule has 0 bridgehead atoms. The van der Waals surface area contributed by atoms with Gasteiger partial charge in [0, 0.05) is 65.8 Å². The molecule has 4 fully saturated rings. The van der Waals surface area contributed by atoms with Crippen molar-refractivity contribution in [3.8, 4) is 16.2 Å². The minimum Gasteiger partial charge on any atom is -0.479 e. The number of fused-ring (bicyclic) bond motifs is 1. The second-order valence-corrected chi connectivity index (χ2v) is 26.1. The van der Waals surface area contributed by atoms with Crippen LogP contribution < -0.4 is 25.6 Å². The van der Waals surface area contributed by atoms with E-state index in [4.69, 9.17) is 25.8 Å². The molecule has 5 unspecified atom stereocenters. The number of halogens is 2. The summed E-state index contributed by atoms with van der Waals surface area (Å²) in [7, 11) is -4.07. The summed E-state index contributed by atoms with van der Waals surface area (Å²) < 4.78 is 63.8. The van der Waals surface area contributed by atoms with Crippen LogP contribution in [0.4, 0.5) is 26.2 Å². The molecule has 3 N–H and O–H groups in total. The van der Waals surface area contributed by atoms with Gasteiger partial charge >= 0.3 is 18.0 Å². The Morgan fingerprint density at radius 3 is 2.44 bits per heavy atom. The van der Waals surface area contributed by atoms with Gasteiger partial charge < -0.3 is 29.7 Å². The lowest BCUT2D eigenvalue weighted by molar-refractivity contribution is -0.151. The van der Waals surface area contributed by atoms with Gasteiger partial charge in [-0.25, -0.2) is 27.2 Å². The van der Waals surface area contributed by atoms with Gasteiger partial charge in [-0.2, -0.15) is 4.31 Å². The number of imide groups is 1. The number of thiophene rings is 1. The third kappa shape index (κ3) is 10.9. The van der Waals surface area contributed by atoms with E-state index in [0.29, 0.717) is 60.5 Å². The van der Waals surface area contributed by atoms with Crippen LogP contribution in [-0.2, 0) is 39.6 Å². The fourth-order valence-corrected chi connectivity index (χ4v) is 15.9. The minimum atomic E-state index is -4.07. The number of benzene rings is 4. The van der Waals surface area contributed by atoms with Crippen LogP contribution in [0.5, 0.6) is 5.75 Å². The van der Waals surface area contributed by atoms with Crippen molar-refractivity contribution in [1.82, 2.24) is 14.5 Å². The van der Waals surface area contributed by atoms with Crippen molar-refractivity contribution in [2.24, 2.45) is 11.8 Å². The number of nitrogens with zero attached hydrogens (tertiary/aromatic N) is 3. The predicted octanol–water partition coefficient (Wildman–Crippen LogP) is 10.6. The van der Waals surface area contributed by atoms with E-state index in [1.54, 1.807) is 38.7 Å². The van der Waals surface area contributed by atoms with Crippen molar-refractivity contribution < 1.29 is 55.8 Å². The molecular formula is C59H66ClFN6O11S2. The van der Waals surface area contributed by atoms with Crippen molar-refractivity contribution >= 4 is 96.5 Å². The van der Waals surface area contributed by atoms with Crippen molar-refractivity contribution in [3.05, 3.63) is 105 Å². The first-order chi connectivity index (χ1) is 38.0. The largest absolute Gasteiger partial charge is 0.479 e. The molecule has 3 saturated heterocycles. The van der Waals surface area contributed by atoms with Crippen molar-refractivity contribution in [2.45, 2.75) is 134 Å². The smallest absolute Gasteiger partial charge is 0.352 e. The van der Waals surface area contributed by atoms with Crippen LogP contribution in [0, 0.1) is 17.7 Å². The number of amides is 5. The topological polar surface area (TPSA) is 210 Å². The van der Waals surface area contributed by atoms with E-state index >= 15 is 4.39 Å². The Labute approximate surface area is 473 Å². The second-order valence-electron chi connectivity index (χ2n) is 22.8. The van der Waals surface area contributed by atoms with E-state index in [1.165, 1.54) is 27.4 Å². The Kier molecular flexibility index (Phi) is 15.6. The van der Waals surface area contributed by atoms with Gasteiger partial charge in [-0.1, -0.05) is 74.3 Å². The Hall–Kier alpha value is -6.61. The molecule has 424 valence electrons. The fraction of sp³-hybridized carbons (Fsp3) is 0.458. The van der Waals surface area contributed by atoms with E-state index in [0.717, 1.165) is 39.8 Å². The number of carbonyl (C=O) groups excluding carboxylic acids is 6. The number of hydrogen-bond donors (Lipinski definition) is 3. The van der Waals surface area contributed by atoms with Crippen LogP contribution in [-0.4, -0.2) is 109 Å². The molecule has 4 aliphatic heterocycles. The zero-order valence-electron chi connectivity index (χ0n) is 45.8. The summed E-state index contributed by atoms with van der Waals surface area (Å²) in [6.45, 7) is 13.4. The van der Waals surface area contributed by atoms with Crippen LogP contribution in [0.2, 0.25) is 5.02 Å². The molecule has 5 heterocycles. The number of likely N-dealkylation sites (tertiary alicyclic amines) is 1. The molecule has 6 atom stereocenters. The third-order valence-electron chi connectivity index (χ3n) is 16.4. The van der Waals surface area contributed by atoms with Gasteiger partial charge in [-0.15, -0.1) is 11.3 Å². The molecule has 0 spiro atoms. The quantitative estimate of drug-likeness (QED) is 0.0623. The van der Waals surface area contributed by atoms with Gasteiger partial charge in [-0.05, 0) is 125 Å². The molecule has 17 nitrogen and oxygen atoms in total. The van der Waals surface area contributed by atoms with Gasteiger partial charge in [0.15, 0.2) is 23.1 Å².